The number of carboxylic acid groups (broad SMARTS) is 1. The standard InChI is InChI=1S/C17H19N3O4S/c1-10-3-5-12(6-4-10)13(19-11(2)21)7-15(22)18-8-16-20-14(9-25-16)17(23)24/h3-6,9,13H,7-8H2,1-2H3,(H,18,22)(H,19,21)(H,23,24). The topological polar surface area (TPSA) is 108 Å². The Morgan fingerprint density at radius 2 is 1.92 bits per heavy atom. The summed E-state index contributed by atoms with van der Waals surface area (Å²) in [6.45, 7) is 3.52. The molecule has 1 heterocycles. The van der Waals surface area contributed by atoms with Crippen molar-refractivity contribution in [3.63, 3.8) is 0 Å². The fourth-order valence-electron chi connectivity index (χ4n) is 2.22. The minimum absolute atomic E-state index is 0.0370. The Morgan fingerprint density at radius 1 is 1.24 bits per heavy atom. The average Bonchev–Trinajstić information content (AvgIpc) is 3.02. The van der Waals surface area contributed by atoms with E-state index in [1.165, 1.54) is 23.6 Å². The van der Waals surface area contributed by atoms with Gasteiger partial charge in [0.1, 0.15) is 5.01 Å². The second kappa shape index (κ2) is 8.39. The Balaban J connectivity index is 1.97. The van der Waals surface area contributed by atoms with Crippen LogP contribution in [0.5, 0.6) is 0 Å². The minimum Gasteiger partial charge on any atom is -0.476 e. The summed E-state index contributed by atoms with van der Waals surface area (Å²) in [5.74, 6) is -1.57. The maximum atomic E-state index is 12.2. The second-order valence-corrected chi connectivity index (χ2v) is 6.52. The third-order valence-corrected chi connectivity index (χ3v) is 4.30. The summed E-state index contributed by atoms with van der Waals surface area (Å²) in [6, 6.07) is 7.17. The maximum absolute atomic E-state index is 12.2. The van der Waals surface area contributed by atoms with Gasteiger partial charge in [0.15, 0.2) is 5.69 Å². The van der Waals surface area contributed by atoms with Crippen LogP contribution >= 0.6 is 11.3 Å². The molecule has 3 N–H and O–H groups in total. The lowest BCUT2D eigenvalue weighted by atomic mass is 10.0. The van der Waals surface area contributed by atoms with Gasteiger partial charge in [-0.15, -0.1) is 11.3 Å². The van der Waals surface area contributed by atoms with E-state index in [0.717, 1.165) is 11.1 Å². The molecule has 0 aliphatic rings. The van der Waals surface area contributed by atoms with Crippen molar-refractivity contribution in [2.24, 2.45) is 0 Å². The number of nitrogens with zero attached hydrogens (tertiary/aromatic N) is 1. The fourth-order valence-corrected chi connectivity index (χ4v) is 2.93. The minimum atomic E-state index is -1.10. The zero-order chi connectivity index (χ0) is 18.4. The molecule has 0 radical (unpaired) electrons. The van der Waals surface area contributed by atoms with Gasteiger partial charge in [-0.3, -0.25) is 9.59 Å². The number of aryl methyl sites for hydroxylation is 1. The molecule has 1 aromatic heterocycles. The number of carboxylic acids is 1. The van der Waals surface area contributed by atoms with Crippen LogP contribution in [-0.2, 0) is 16.1 Å². The highest BCUT2D eigenvalue weighted by Gasteiger charge is 2.17. The first kappa shape index (κ1) is 18.6. The molecule has 25 heavy (non-hydrogen) atoms. The van der Waals surface area contributed by atoms with E-state index in [9.17, 15) is 14.4 Å². The van der Waals surface area contributed by atoms with Gasteiger partial charge in [0.25, 0.3) is 0 Å². The van der Waals surface area contributed by atoms with Crippen molar-refractivity contribution in [3.8, 4) is 0 Å². The van der Waals surface area contributed by atoms with Gasteiger partial charge < -0.3 is 15.7 Å². The van der Waals surface area contributed by atoms with Crippen molar-refractivity contribution >= 4 is 29.1 Å². The van der Waals surface area contributed by atoms with Gasteiger partial charge in [-0.2, -0.15) is 0 Å². The summed E-state index contributed by atoms with van der Waals surface area (Å²) >= 11 is 1.17. The van der Waals surface area contributed by atoms with Crippen molar-refractivity contribution < 1.29 is 19.5 Å². The van der Waals surface area contributed by atoms with Crippen LogP contribution in [0.4, 0.5) is 0 Å². The summed E-state index contributed by atoms with van der Waals surface area (Å²) in [4.78, 5) is 38.3. The van der Waals surface area contributed by atoms with Gasteiger partial charge in [-0.05, 0) is 12.5 Å². The number of rotatable bonds is 7. The lowest BCUT2D eigenvalue weighted by Crippen LogP contribution is -2.32. The molecule has 8 heteroatoms. The van der Waals surface area contributed by atoms with E-state index >= 15 is 0 Å². The molecule has 2 aromatic rings. The van der Waals surface area contributed by atoms with Gasteiger partial charge in [0.2, 0.25) is 11.8 Å². The van der Waals surface area contributed by atoms with Gasteiger partial charge in [-0.1, -0.05) is 29.8 Å². The van der Waals surface area contributed by atoms with Crippen molar-refractivity contribution in [1.82, 2.24) is 15.6 Å². The number of amides is 2. The molecule has 1 aromatic carbocycles. The zero-order valence-corrected chi connectivity index (χ0v) is 14.7. The van der Waals surface area contributed by atoms with E-state index in [1.54, 1.807) is 0 Å². The van der Waals surface area contributed by atoms with Gasteiger partial charge >= 0.3 is 5.97 Å². The predicted molar refractivity (Wildman–Crippen MR) is 93.3 cm³/mol. The number of hydrogen-bond donors (Lipinski definition) is 3. The van der Waals surface area contributed by atoms with E-state index in [4.69, 9.17) is 5.11 Å². The number of benzene rings is 1. The summed E-state index contributed by atoms with van der Waals surface area (Å²) in [5.41, 5.74) is 1.90. The van der Waals surface area contributed by atoms with E-state index in [0.29, 0.717) is 5.01 Å². The van der Waals surface area contributed by atoms with E-state index < -0.39 is 12.0 Å². The Labute approximate surface area is 149 Å². The van der Waals surface area contributed by atoms with Crippen LogP contribution < -0.4 is 10.6 Å². The highest BCUT2D eigenvalue weighted by molar-refractivity contribution is 7.09. The first-order valence-electron chi connectivity index (χ1n) is 7.63. The molecular weight excluding hydrogens is 342 g/mol. The molecule has 0 aliphatic heterocycles. The number of hydrogen-bond acceptors (Lipinski definition) is 5. The molecule has 0 saturated heterocycles. The SMILES string of the molecule is CC(=O)NC(CC(=O)NCc1nc(C(=O)O)cs1)c1ccc(C)cc1. The summed E-state index contributed by atoms with van der Waals surface area (Å²) in [7, 11) is 0. The van der Waals surface area contributed by atoms with E-state index in [1.807, 2.05) is 31.2 Å². The number of carbonyl (C=O) groups excluding carboxylic acids is 2. The first-order valence-corrected chi connectivity index (χ1v) is 8.51. The number of thiazole rings is 1. The highest BCUT2D eigenvalue weighted by Crippen LogP contribution is 2.18. The fraction of sp³-hybridized carbons (Fsp3) is 0.294. The molecule has 132 valence electrons. The Hall–Kier alpha value is -2.74. The van der Waals surface area contributed by atoms with E-state index in [-0.39, 0.29) is 30.5 Å². The van der Waals surface area contributed by atoms with Crippen molar-refractivity contribution in [3.05, 3.63) is 51.5 Å². The van der Waals surface area contributed by atoms with Crippen LogP contribution in [-0.4, -0.2) is 27.9 Å². The third kappa shape index (κ3) is 5.68. The highest BCUT2D eigenvalue weighted by atomic mass is 32.1. The molecule has 2 amide bonds. The molecule has 0 spiro atoms. The number of nitrogens with one attached hydrogen (secondary N) is 2. The normalized spacial score (nSPS) is 11.6. The summed E-state index contributed by atoms with van der Waals surface area (Å²) in [6.07, 6.45) is 0.0831. The number of carbonyl (C=O) groups is 3. The summed E-state index contributed by atoms with van der Waals surface area (Å²) in [5, 5.41) is 16.3. The molecule has 7 nitrogen and oxygen atoms in total. The van der Waals surface area contributed by atoms with Crippen LogP contribution in [0.2, 0.25) is 0 Å². The monoisotopic (exact) mass is 361 g/mol. The average molecular weight is 361 g/mol. The Morgan fingerprint density at radius 3 is 2.48 bits per heavy atom. The predicted octanol–water partition coefficient (Wildman–Crippen LogP) is 2.03. The van der Waals surface area contributed by atoms with Crippen molar-refractivity contribution in [2.75, 3.05) is 0 Å². The first-order chi connectivity index (χ1) is 11.8. The molecule has 1 atom stereocenters. The maximum Gasteiger partial charge on any atom is 0.355 e. The van der Waals surface area contributed by atoms with Crippen molar-refractivity contribution in [2.45, 2.75) is 32.9 Å². The second-order valence-electron chi connectivity index (χ2n) is 5.58. The lowest BCUT2D eigenvalue weighted by Gasteiger charge is -2.18. The van der Waals surface area contributed by atoms with Crippen LogP contribution in [0.3, 0.4) is 0 Å². The Bertz CT molecular complexity index is 770. The quantitative estimate of drug-likeness (QED) is 0.699. The van der Waals surface area contributed by atoms with Crippen molar-refractivity contribution in [1.29, 1.82) is 0 Å². The van der Waals surface area contributed by atoms with Crippen LogP contribution in [0.15, 0.2) is 29.6 Å². The van der Waals surface area contributed by atoms with Crippen LogP contribution in [0, 0.1) is 6.92 Å². The van der Waals surface area contributed by atoms with E-state index in [2.05, 4.69) is 15.6 Å². The summed E-state index contributed by atoms with van der Waals surface area (Å²) < 4.78 is 0. The Kier molecular flexibility index (Phi) is 6.24. The third-order valence-electron chi connectivity index (χ3n) is 3.45. The van der Waals surface area contributed by atoms with Gasteiger partial charge in [0.05, 0.1) is 19.0 Å². The molecule has 0 saturated carbocycles. The van der Waals surface area contributed by atoms with Gasteiger partial charge in [-0.25, -0.2) is 9.78 Å². The largest absolute Gasteiger partial charge is 0.476 e. The molecule has 0 bridgehead atoms. The smallest absolute Gasteiger partial charge is 0.355 e. The number of aromatic carboxylic acids is 1. The molecule has 0 aliphatic carbocycles. The molecule has 1 unspecified atom stereocenters. The zero-order valence-electron chi connectivity index (χ0n) is 13.9. The lowest BCUT2D eigenvalue weighted by molar-refractivity contribution is -0.122. The van der Waals surface area contributed by atoms with Crippen LogP contribution in [0.25, 0.3) is 0 Å². The molecular formula is C17H19N3O4S. The van der Waals surface area contributed by atoms with Crippen LogP contribution in [0.1, 0.15) is 46.0 Å². The van der Waals surface area contributed by atoms with Gasteiger partial charge in [0, 0.05) is 12.3 Å². The number of aromatic nitrogens is 1. The molecule has 0 fully saturated rings. The molecule has 2 rings (SSSR count).